The summed E-state index contributed by atoms with van der Waals surface area (Å²) in [5.74, 6) is 0. The molecule has 100 valence electrons. The van der Waals surface area contributed by atoms with Crippen LogP contribution in [0.25, 0.3) is 10.9 Å². The number of nitrogen functional groups attached to an aromatic ring is 1. The van der Waals surface area contributed by atoms with Crippen LogP contribution in [0.4, 0.5) is 17.1 Å². The van der Waals surface area contributed by atoms with Gasteiger partial charge in [0.2, 0.25) is 0 Å². The van der Waals surface area contributed by atoms with Crippen molar-refractivity contribution in [1.82, 2.24) is 4.98 Å². The molecule has 1 heterocycles. The molecule has 4 heteroatoms. The van der Waals surface area contributed by atoms with Gasteiger partial charge in [-0.05, 0) is 64.8 Å². The maximum atomic E-state index is 6.00. The Morgan fingerprint density at radius 3 is 2.80 bits per heavy atom. The Hall–Kier alpha value is -2.07. The number of benzene rings is 2. The van der Waals surface area contributed by atoms with E-state index in [0.717, 1.165) is 32.4 Å². The number of rotatable bonds is 2. The van der Waals surface area contributed by atoms with Crippen LogP contribution >= 0.6 is 15.9 Å². The minimum atomic E-state index is 0.738. The molecule has 3 nitrogen and oxygen atoms in total. The summed E-state index contributed by atoms with van der Waals surface area (Å²) >= 11 is 3.56. The van der Waals surface area contributed by atoms with Crippen LogP contribution in [0.5, 0.6) is 0 Å². The number of aryl methyl sites for hydroxylation is 1. The van der Waals surface area contributed by atoms with Gasteiger partial charge in [-0.3, -0.25) is 4.98 Å². The molecule has 0 radical (unpaired) electrons. The Kier molecular flexibility index (Phi) is 3.32. The first-order valence-electron chi connectivity index (χ1n) is 6.31. The zero-order chi connectivity index (χ0) is 14.1. The van der Waals surface area contributed by atoms with Gasteiger partial charge in [0.1, 0.15) is 0 Å². The van der Waals surface area contributed by atoms with E-state index in [9.17, 15) is 0 Å². The fraction of sp³-hybridized carbons (Fsp3) is 0.0625. The molecular weight excluding hydrogens is 314 g/mol. The summed E-state index contributed by atoms with van der Waals surface area (Å²) in [4.78, 5) is 4.43. The molecule has 3 N–H and O–H groups in total. The van der Waals surface area contributed by atoms with E-state index < -0.39 is 0 Å². The van der Waals surface area contributed by atoms with Gasteiger partial charge in [-0.1, -0.05) is 6.07 Å². The van der Waals surface area contributed by atoms with Crippen LogP contribution in [0.1, 0.15) is 5.56 Å². The van der Waals surface area contributed by atoms with Crippen molar-refractivity contribution in [3.8, 4) is 0 Å². The predicted octanol–water partition coefficient (Wildman–Crippen LogP) is 4.63. The highest BCUT2D eigenvalue weighted by Gasteiger charge is 2.07. The molecular formula is C16H14BrN3. The lowest BCUT2D eigenvalue weighted by Gasteiger charge is -2.12. The number of nitrogens with zero attached hydrogens (tertiary/aromatic N) is 1. The normalized spacial score (nSPS) is 10.7. The molecule has 0 atom stereocenters. The SMILES string of the molecule is Cc1ccc(Br)c(Nc2ccc(N)c3cccnc23)c1. The molecule has 0 fully saturated rings. The van der Waals surface area contributed by atoms with Crippen molar-refractivity contribution in [1.29, 1.82) is 0 Å². The second-order valence-electron chi connectivity index (χ2n) is 4.71. The maximum absolute atomic E-state index is 6.00. The van der Waals surface area contributed by atoms with Gasteiger partial charge >= 0.3 is 0 Å². The van der Waals surface area contributed by atoms with Crippen LogP contribution in [0, 0.1) is 6.92 Å². The number of pyridine rings is 1. The average molecular weight is 328 g/mol. The van der Waals surface area contributed by atoms with Crippen molar-refractivity contribution in [2.24, 2.45) is 0 Å². The van der Waals surface area contributed by atoms with Gasteiger partial charge in [-0.15, -0.1) is 0 Å². The number of anilines is 3. The van der Waals surface area contributed by atoms with E-state index in [1.54, 1.807) is 6.20 Å². The van der Waals surface area contributed by atoms with Crippen LogP contribution in [0.2, 0.25) is 0 Å². The third-order valence-electron chi connectivity index (χ3n) is 3.19. The lowest BCUT2D eigenvalue weighted by Crippen LogP contribution is -1.96. The van der Waals surface area contributed by atoms with Crippen molar-refractivity contribution < 1.29 is 0 Å². The molecule has 0 spiro atoms. The van der Waals surface area contributed by atoms with Crippen molar-refractivity contribution >= 4 is 43.9 Å². The molecule has 0 saturated heterocycles. The molecule has 0 unspecified atom stereocenters. The minimum absolute atomic E-state index is 0.738. The van der Waals surface area contributed by atoms with Gasteiger partial charge in [-0.2, -0.15) is 0 Å². The van der Waals surface area contributed by atoms with Crippen molar-refractivity contribution in [2.75, 3.05) is 11.1 Å². The van der Waals surface area contributed by atoms with E-state index >= 15 is 0 Å². The first-order chi connectivity index (χ1) is 9.65. The lowest BCUT2D eigenvalue weighted by atomic mass is 10.1. The first kappa shape index (κ1) is 12.9. The smallest absolute Gasteiger partial charge is 0.0957 e. The van der Waals surface area contributed by atoms with E-state index in [-0.39, 0.29) is 0 Å². The fourth-order valence-electron chi connectivity index (χ4n) is 2.18. The van der Waals surface area contributed by atoms with Crippen molar-refractivity contribution in [2.45, 2.75) is 6.92 Å². The van der Waals surface area contributed by atoms with Crippen LogP contribution in [0.3, 0.4) is 0 Å². The predicted molar refractivity (Wildman–Crippen MR) is 88.3 cm³/mol. The number of hydrogen-bond donors (Lipinski definition) is 2. The summed E-state index contributed by atoms with van der Waals surface area (Å²) in [6.45, 7) is 2.07. The summed E-state index contributed by atoms with van der Waals surface area (Å²) < 4.78 is 1.02. The fourth-order valence-corrected chi connectivity index (χ4v) is 2.52. The molecule has 0 saturated carbocycles. The molecule has 0 aliphatic rings. The number of nitrogens with one attached hydrogen (secondary N) is 1. The maximum Gasteiger partial charge on any atom is 0.0957 e. The Labute approximate surface area is 126 Å². The summed E-state index contributed by atoms with van der Waals surface area (Å²) in [6.07, 6.45) is 1.78. The quantitative estimate of drug-likeness (QED) is 0.674. The topological polar surface area (TPSA) is 50.9 Å². The van der Waals surface area contributed by atoms with E-state index in [2.05, 4.69) is 45.3 Å². The third-order valence-corrected chi connectivity index (χ3v) is 3.89. The van der Waals surface area contributed by atoms with Crippen LogP contribution in [-0.2, 0) is 0 Å². The molecule has 3 rings (SSSR count). The standard InChI is InChI=1S/C16H14BrN3/c1-10-4-5-12(17)15(9-10)20-14-7-6-13(18)11-3-2-8-19-16(11)14/h2-9,20H,18H2,1H3. The van der Waals surface area contributed by atoms with Gasteiger partial charge < -0.3 is 11.1 Å². The minimum Gasteiger partial charge on any atom is -0.398 e. The van der Waals surface area contributed by atoms with Crippen molar-refractivity contribution in [3.05, 3.63) is 58.7 Å². The van der Waals surface area contributed by atoms with Gasteiger partial charge in [0.15, 0.2) is 0 Å². The molecule has 2 aromatic carbocycles. The Morgan fingerprint density at radius 2 is 1.95 bits per heavy atom. The molecule has 3 aromatic rings. The number of hydrogen-bond acceptors (Lipinski definition) is 3. The molecule has 0 bridgehead atoms. The summed E-state index contributed by atoms with van der Waals surface area (Å²) in [6, 6.07) is 13.9. The number of halogens is 1. The van der Waals surface area contributed by atoms with Gasteiger partial charge in [0.05, 0.1) is 16.9 Å². The summed E-state index contributed by atoms with van der Waals surface area (Å²) in [5, 5.41) is 4.38. The van der Waals surface area contributed by atoms with E-state index in [0.29, 0.717) is 0 Å². The lowest BCUT2D eigenvalue weighted by molar-refractivity contribution is 1.39. The highest BCUT2D eigenvalue weighted by Crippen LogP contribution is 2.32. The number of fused-ring (bicyclic) bond motifs is 1. The van der Waals surface area contributed by atoms with E-state index in [4.69, 9.17) is 5.73 Å². The molecule has 0 aliphatic carbocycles. The second-order valence-corrected chi connectivity index (χ2v) is 5.56. The van der Waals surface area contributed by atoms with Crippen LogP contribution < -0.4 is 11.1 Å². The average Bonchev–Trinajstić information content (AvgIpc) is 2.46. The van der Waals surface area contributed by atoms with E-state index in [1.165, 1.54) is 5.56 Å². The van der Waals surface area contributed by atoms with Crippen LogP contribution in [0.15, 0.2) is 53.1 Å². The number of aromatic nitrogens is 1. The largest absolute Gasteiger partial charge is 0.398 e. The monoisotopic (exact) mass is 327 g/mol. The van der Waals surface area contributed by atoms with Gasteiger partial charge in [-0.25, -0.2) is 0 Å². The molecule has 20 heavy (non-hydrogen) atoms. The highest BCUT2D eigenvalue weighted by atomic mass is 79.9. The summed E-state index contributed by atoms with van der Waals surface area (Å²) in [5.41, 5.74) is 10.8. The Balaban J connectivity index is 2.11. The molecule has 0 aliphatic heterocycles. The summed E-state index contributed by atoms with van der Waals surface area (Å²) in [7, 11) is 0. The third kappa shape index (κ3) is 2.34. The van der Waals surface area contributed by atoms with E-state index in [1.807, 2.05) is 30.3 Å². The Bertz CT molecular complexity index is 784. The van der Waals surface area contributed by atoms with Gasteiger partial charge in [0, 0.05) is 21.7 Å². The van der Waals surface area contributed by atoms with Gasteiger partial charge in [0.25, 0.3) is 0 Å². The first-order valence-corrected chi connectivity index (χ1v) is 7.11. The molecule has 0 amide bonds. The zero-order valence-corrected chi connectivity index (χ0v) is 12.6. The van der Waals surface area contributed by atoms with Crippen molar-refractivity contribution in [3.63, 3.8) is 0 Å². The molecule has 1 aromatic heterocycles. The highest BCUT2D eigenvalue weighted by molar-refractivity contribution is 9.10. The Morgan fingerprint density at radius 1 is 1.10 bits per heavy atom. The number of nitrogens with two attached hydrogens (primary N) is 1. The van der Waals surface area contributed by atoms with Crippen LogP contribution in [-0.4, -0.2) is 4.98 Å². The second kappa shape index (κ2) is 5.13. The zero-order valence-electron chi connectivity index (χ0n) is 11.0.